The second kappa shape index (κ2) is 10.2. The molecular formula is C11H22N2O4. The van der Waals surface area contributed by atoms with Crippen molar-refractivity contribution in [1.29, 1.82) is 0 Å². The van der Waals surface area contributed by atoms with Gasteiger partial charge in [-0.15, -0.1) is 0 Å². The summed E-state index contributed by atoms with van der Waals surface area (Å²) in [6.45, 7) is 3.30. The highest BCUT2D eigenvalue weighted by atomic mass is 16.6. The molecule has 0 heterocycles. The van der Waals surface area contributed by atoms with Gasteiger partial charge in [0.25, 0.3) is 0 Å². The molecule has 0 amide bonds. The van der Waals surface area contributed by atoms with E-state index in [9.17, 15) is 4.79 Å². The molecule has 17 heavy (non-hydrogen) atoms. The van der Waals surface area contributed by atoms with Crippen LogP contribution < -0.4 is 11.5 Å². The average Bonchev–Trinajstić information content (AvgIpc) is 2.30. The zero-order valence-electron chi connectivity index (χ0n) is 10.4. The molecule has 4 N–H and O–H groups in total. The lowest BCUT2D eigenvalue weighted by atomic mass is 10.2. The van der Waals surface area contributed by atoms with Crippen LogP contribution in [-0.4, -0.2) is 51.6 Å². The molecule has 2 unspecified atom stereocenters. The molecule has 2 atom stereocenters. The zero-order chi connectivity index (χ0) is 13.1. The molecule has 100 valence electrons. The molecule has 0 aliphatic rings. The normalized spacial score (nSPS) is 14.8. The number of hydrogen-bond donors (Lipinski definition) is 2. The number of ether oxygens (including phenoxy) is 3. The average molecular weight is 246 g/mol. The van der Waals surface area contributed by atoms with Crippen LogP contribution in [-0.2, 0) is 19.0 Å². The Morgan fingerprint density at radius 3 is 2.41 bits per heavy atom. The van der Waals surface area contributed by atoms with Crippen molar-refractivity contribution in [2.45, 2.75) is 19.0 Å². The Bertz CT molecular complexity index is 232. The van der Waals surface area contributed by atoms with Crippen molar-refractivity contribution in [1.82, 2.24) is 0 Å². The van der Waals surface area contributed by atoms with Crippen LogP contribution in [0.25, 0.3) is 0 Å². The molecule has 0 aromatic carbocycles. The summed E-state index contributed by atoms with van der Waals surface area (Å²) < 4.78 is 14.8. The predicted molar refractivity (Wildman–Crippen MR) is 64.4 cm³/mol. The third kappa shape index (κ3) is 9.95. The van der Waals surface area contributed by atoms with Crippen molar-refractivity contribution >= 4 is 5.97 Å². The molecule has 0 radical (unpaired) electrons. The Labute approximate surface area is 102 Å². The van der Waals surface area contributed by atoms with E-state index < -0.39 is 12.0 Å². The molecule has 6 nitrogen and oxygen atoms in total. The van der Waals surface area contributed by atoms with E-state index in [4.69, 9.17) is 25.7 Å². The first-order chi connectivity index (χ1) is 8.07. The number of methoxy groups -OCH3 is 1. The van der Waals surface area contributed by atoms with E-state index in [0.29, 0.717) is 19.8 Å². The summed E-state index contributed by atoms with van der Waals surface area (Å²) in [5.41, 5.74) is 11.0. The van der Waals surface area contributed by atoms with E-state index >= 15 is 0 Å². The van der Waals surface area contributed by atoms with Gasteiger partial charge in [0.15, 0.2) is 0 Å². The molecule has 0 fully saturated rings. The Morgan fingerprint density at radius 1 is 1.18 bits per heavy atom. The fourth-order valence-electron chi connectivity index (χ4n) is 0.915. The maximum absolute atomic E-state index is 11.3. The van der Waals surface area contributed by atoms with Crippen molar-refractivity contribution in [3.63, 3.8) is 0 Å². The van der Waals surface area contributed by atoms with Gasteiger partial charge in [0.2, 0.25) is 0 Å². The predicted octanol–water partition coefficient (Wildman–Crippen LogP) is -0.577. The summed E-state index contributed by atoms with van der Waals surface area (Å²) in [5.74, 6) is -0.489. The summed E-state index contributed by atoms with van der Waals surface area (Å²) in [6, 6.07) is -0.911. The van der Waals surface area contributed by atoms with Gasteiger partial charge in [-0.25, -0.2) is 0 Å². The fourth-order valence-corrected chi connectivity index (χ4v) is 0.915. The minimum Gasteiger partial charge on any atom is -0.462 e. The molecule has 0 saturated heterocycles. The highest BCUT2D eigenvalue weighted by Crippen LogP contribution is 1.90. The highest BCUT2D eigenvalue weighted by Gasteiger charge is 2.11. The molecule has 0 saturated carbocycles. The van der Waals surface area contributed by atoms with Gasteiger partial charge in [-0.3, -0.25) is 4.79 Å². The van der Waals surface area contributed by atoms with Gasteiger partial charge in [-0.2, -0.15) is 0 Å². The van der Waals surface area contributed by atoms with E-state index in [1.165, 1.54) is 6.08 Å². The topological polar surface area (TPSA) is 96.8 Å². The van der Waals surface area contributed by atoms with E-state index in [0.717, 1.165) is 0 Å². The smallest absolute Gasteiger partial charge is 0.327 e. The summed E-state index contributed by atoms with van der Waals surface area (Å²) in [6.07, 6.45) is 3.18. The monoisotopic (exact) mass is 246 g/mol. The van der Waals surface area contributed by atoms with Crippen molar-refractivity contribution in [2.75, 3.05) is 33.5 Å². The van der Waals surface area contributed by atoms with E-state index in [1.807, 2.05) is 0 Å². The van der Waals surface area contributed by atoms with Gasteiger partial charge in [0.1, 0.15) is 12.6 Å². The molecule has 6 heteroatoms. The number of esters is 1. The largest absolute Gasteiger partial charge is 0.462 e. The zero-order valence-corrected chi connectivity index (χ0v) is 10.4. The number of carbonyl (C=O) groups is 1. The van der Waals surface area contributed by atoms with Gasteiger partial charge in [-0.05, 0) is 6.92 Å². The Balaban J connectivity index is 3.57. The lowest BCUT2D eigenvalue weighted by Gasteiger charge is -2.08. The van der Waals surface area contributed by atoms with Crippen LogP contribution in [0.3, 0.4) is 0 Å². The molecule has 0 bridgehead atoms. The van der Waals surface area contributed by atoms with E-state index in [2.05, 4.69) is 0 Å². The molecule has 0 aromatic rings. The van der Waals surface area contributed by atoms with Crippen LogP contribution in [0, 0.1) is 0 Å². The lowest BCUT2D eigenvalue weighted by Crippen LogP contribution is -2.31. The third-order valence-electron chi connectivity index (χ3n) is 1.80. The third-order valence-corrected chi connectivity index (χ3v) is 1.80. The number of rotatable bonds is 9. The van der Waals surface area contributed by atoms with Gasteiger partial charge >= 0.3 is 5.97 Å². The number of nitrogens with two attached hydrogens (primary N) is 2. The maximum Gasteiger partial charge on any atom is 0.327 e. The SMILES string of the molecule is COCCOCCOC(=O)C(N)/C=C\C(C)N. The molecule has 0 rings (SSSR count). The molecule has 0 aliphatic heterocycles. The summed E-state index contributed by atoms with van der Waals surface area (Å²) in [7, 11) is 1.59. The number of hydrogen-bond acceptors (Lipinski definition) is 6. The first kappa shape index (κ1) is 16.1. The minimum atomic E-state index is -0.778. The Hall–Kier alpha value is -0.950. The molecular weight excluding hydrogens is 224 g/mol. The van der Waals surface area contributed by atoms with Crippen LogP contribution >= 0.6 is 0 Å². The molecule has 0 aliphatic carbocycles. The van der Waals surface area contributed by atoms with Crippen molar-refractivity contribution in [3.8, 4) is 0 Å². The van der Waals surface area contributed by atoms with Gasteiger partial charge in [0.05, 0.1) is 19.8 Å². The van der Waals surface area contributed by atoms with Crippen LogP contribution in [0.4, 0.5) is 0 Å². The van der Waals surface area contributed by atoms with Gasteiger partial charge in [0, 0.05) is 13.2 Å². The Kier molecular flexibility index (Phi) is 9.65. The van der Waals surface area contributed by atoms with Crippen LogP contribution in [0.15, 0.2) is 12.2 Å². The van der Waals surface area contributed by atoms with Crippen molar-refractivity contribution in [3.05, 3.63) is 12.2 Å². The summed E-state index contributed by atoms with van der Waals surface area (Å²) in [4.78, 5) is 11.3. The van der Waals surface area contributed by atoms with Gasteiger partial charge < -0.3 is 25.7 Å². The lowest BCUT2D eigenvalue weighted by molar-refractivity contribution is -0.145. The van der Waals surface area contributed by atoms with Crippen LogP contribution in [0.1, 0.15) is 6.92 Å². The molecule has 0 aromatic heterocycles. The maximum atomic E-state index is 11.3. The summed E-state index contributed by atoms with van der Waals surface area (Å²) in [5, 5.41) is 0. The van der Waals surface area contributed by atoms with E-state index in [1.54, 1.807) is 20.1 Å². The quantitative estimate of drug-likeness (QED) is 0.321. The first-order valence-corrected chi connectivity index (χ1v) is 5.50. The minimum absolute atomic E-state index is 0.133. The van der Waals surface area contributed by atoms with Crippen LogP contribution in [0.2, 0.25) is 0 Å². The second-order valence-corrected chi connectivity index (χ2v) is 3.54. The van der Waals surface area contributed by atoms with Gasteiger partial charge in [-0.1, -0.05) is 12.2 Å². The van der Waals surface area contributed by atoms with Crippen molar-refractivity contribution < 1.29 is 19.0 Å². The van der Waals surface area contributed by atoms with Crippen molar-refractivity contribution in [2.24, 2.45) is 11.5 Å². The number of carbonyl (C=O) groups excluding carboxylic acids is 1. The summed E-state index contributed by atoms with van der Waals surface area (Å²) >= 11 is 0. The first-order valence-electron chi connectivity index (χ1n) is 5.50. The molecule has 0 spiro atoms. The second-order valence-electron chi connectivity index (χ2n) is 3.54. The van der Waals surface area contributed by atoms with Crippen LogP contribution in [0.5, 0.6) is 0 Å². The fraction of sp³-hybridized carbons (Fsp3) is 0.727. The standard InChI is InChI=1S/C11H22N2O4/c1-9(12)3-4-10(13)11(14)17-8-7-16-6-5-15-2/h3-4,9-10H,5-8,12-13H2,1-2H3/b4-3-. The van der Waals surface area contributed by atoms with E-state index in [-0.39, 0.29) is 12.6 Å². The Morgan fingerprint density at radius 2 is 1.82 bits per heavy atom. The highest BCUT2D eigenvalue weighted by molar-refractivity contribution is 5.77.